The zero-order valence-electron chi connectivity index (χ0n) is 13.8. The normalized spacial score (nSPS) is 17.8. The van der Waals surface area contributed by atoms with Crippen LogP contribution in [0.1, 0.15) is 38.2 Å². The van der Waals surface area contributed by atoms with Gasteiger partial charge in [-0.15, -0.1) is 0 Å². The second-order valence-corrected chi connectivity index (χ2v) is 6.09. The van der Waals surface area contributed by atoms with Gasteiger partial charge in [0.15, 0.2) is 0 Å². The van der Waals surface area contributed by atoms with E-state index >= 15 is 0 Å². The number of aryl methyl sites for hydroxylation is 1. The number of aliphatic imine (C=N–C) groups is 1. The van der Waals surface area contributed by atoms with Gasteiger partial charge in [-0.05, 0) is 38.5 Å². The van der Waals surface area contributed by atoms with Crippen LogP contribution >= 0.6 is 11.8 Å². The van der Waals surface area contributed by atoms with E-state index in [4.69, 9.17) is 9.15 Å². The molecule has 0 radical (unpaired) electrons. The number of thioether (sulfide) groups is 1. The van der Waals surface area contributed by atoms with Crippen LogP contribution in [0.3, 0.4) is 0 Å². The number of rotatable bonds is 5. The van der Waals surface area contributed by atoms with Crippen molar-refractivity contribution in [3.63, 3.8) is 0 Å². The summed E-state index contributed by atoms with van der Waals surface area (Å²) < 4.78 is 10.4. The molecule has 1 aliphatic rings. The monoisotopic (exact) mass is 349 g/mol. The molecule has 1 aliphatic heterocycles. The van der Waals surface area contributed by atoms with Crippen molar-refractivity contribution in [1.29, 1.82) is 0 Å². The lowest BCUT2D eigenvalue weighted by atomic mass is 10.2. The van der Waals surface area contributed by atoms with Crippen molar-refractivity contribution in [3.05, 3.63) is 39.9 Å². The van der Waals surface area contributed by atoms with Gasteiger partial charge >= 0.3 is 5.97 Å². The average molecular weight is 349 g/mol. The topological polar surface area (TPSA) is 89.1 Å². The second kappa shape index (κ2) is 8.01. The Labute approximate surface area is 144 Å². The van der Waals surface area contributed by atoms with Crippen molar-refractivity contribution in [1.82, 2.24) is 0 Å². The summed E-state index contributed by atoms with van der Waals surface area (Å²) in [6.07, 6.45) is 2.52. The summed E-state index contributed by atoms with van der Waals surface area (Å²) in [5.41, 5.74) is -0.0826. The van der Waals surface area contributed by atoms with Gasteiger partial charge in [0.1, 0.15) is 27.9 Å². The lowest BCUT2D eigenvalue weighted by molar-refractivity contribution is -0.138. The number of carbonyl (C=O) groups excluding carboxylic acids is 2. The maximum absolute atomic E-state index is 12.1. The SMILES string of the molecule is CCCC(=O)N=C1S/C(=C\c2ccc(C)o2)C(O)=C1C(=O)OCC. The van der Waals surface area contributed by atoms with Crippen LogP contribution in [0.15, 0.2) is 37.8 Å². The number of nitrogens with zero attached hydrogens (tertiary/aromatic N) is 1. The fraction of sp³-hybridized carbons (Fsp3) is 0.353. The van der Waals surface area contributed by atoms with Crippen LogP contribution in [-0.2, 0) is 14.3 Å². The number of hydrogen-bond donors (Lipinski definition) is 1. The molecule has 0 aliphatic carbocycles. The Morgan fingerprint density at radius 2 is 2.12 bits per heavy atom. The molecule has 0 bridgehead atoms. The zero-order chi connectivity index (χ0) is 17.7. The minimum atomic E-state index is -0.704. The quantitative estimate of drug-likeness (QED) is 0.814. The molecule has 1 N–H and O–H groups in total. The largest absolute Gasteiger partial charge is 0.506 e. The Balaban J connectivity index is 2.41. The summed E-state index contributed by atoms with van der Waals surface area (Å²) in [4.78, 5) is 28.2. The van der Waals surface area contributed by atoms with Crippen LogP contribution in [0.25, 0.3) is 6.08 Å². The van der Waals surface area contributed by atoms with Crippen molar-refractivity contribution >= 4 is 34.8 Å². The van der Waals surface area contributed by atoms with Crippen LogP contribution < -0.4 is 0 Å². The molecule has 0 saturated heterocycles. The summed E-state index contributed by atoms with van der Waals surface area (Å²) in [6, 6.07) is 3.54. The summed E-state index contributed by atoms with van der Waals surface area (Å²) in [6.45, 7) is 5.50. The molecule has 6 nitrogen and oxygen atoms in total. The van der Waals surface area contributed by atoms with Crippen LogP contribution in [0.4, 0.5) is 0 Å². The number of esters is 1. The minimum absolute atomic E-state index is 0.0826. The molecule has 0 atom stereocenters. The lowest BCUT2D eigenvalue weighted by Crippen LogP contribution is -2.14. The van der Waals surface area contributed by atoms with E-state index < -0.39 is 5.97 Å². The molecule has 24 heavy (non-hydrogen) atoms. The van der Waals surface area contributed by atoms with Crippen molar-refractivity contribution in [2.75, 3.05) is 6.61 Å². The van der Waals surface area contributed by atoms with E-state index in [-0.39, 0.29) is 35.3 Å². The Bertz CT molecular complexity index is 742. The van der Waals surface area contributed by atoms with E-state index in [2.05, 4.69) is 4.99 Å². The molecule has 1 aromatic rings. The molecule has 1 aromatic heterocycles. The number of aliphatic hydroxyl groups excluding tert-OH is 1. The summed E-state index contributed by atoms with van der Waals surface area (Å²) in [5.74, 6) is -0.0401. The van der Waals surface area contributed by atoms with Gasteiger partial charge in [-0.3, -0.25) is 4.79 Å². The predicted molar refractivity (Wildman–Crippen MR) is 92.7 cm³/mol. The number of furan rings is 1. The maximum atomic E-state index is 12.1. The van der Waals surface area contributed by atoms with Gasteiger partial charge in [0.25, 0.3) is 0 Å². The Kier molecular flexibility index (Phi) is 6.03. The molecule has 0 saturated carbocycles. The molecule has 7 heteroatoms. The highest BCUT2D eigenvalue weighted by Gasteiger charge is 2.33. The first-order chi connectivity index (χ1) is 11.5. The summed E-state index contributed by atoms with van der Waals surface area (Å²) in [5, 5.41) is 10.5. The van der Waals surface area contributed by atoms with Gasteiger partial charge in [0.05, 0.1) is 11.5 Å². The van der Waals surface area contributed by atoms with Crippen molar-refractivity contribution < 1.29 is 23.8 Å². The van der Waals surface area contributed by atoms with Gasteiger partial charge in [-0.2, -0.15) is 0 Å². The molecule has 1 amide bonds. The summed E-state index contributed by atoms with van der Waals surface area (Å²) >= 11 is 1.04. The van der Waals surface area contributed by atoms with Gasteiger partial charge in [-0.25, -0.2) is 9.79 Å². The first-order valence-electron chi connectivity index (χ1n) is 7.64. The predicted octanol–water partition coefficient (Wildman–Crippen LogP) is 3.78. The van der Waals surface area contributed by atoms with Gasteiger partial charge in [0.2, 0.25) is 5.91 Å². The first kappa shape index (κ1) is 18.1. The van der Waals surface area contributed by atoms with Crippen molar-refractivity contribution in [3.8, 4) is 0 Å². The van der Waals surface area contributed by atoms with Gasteiger partial charge < -0.3 is 14.3 Å². The van der Waals surface area contributed by atoms with E-state index in [1.165, 1.54) is 0 Å². The highest BCUT2D eigenvalue weighted by Crippen LogP contribution is 2.39. The molecular formula is C17H19NO5S. The third-order valence-corrected chi connectivity index (χ3v) is 4.11. The molecule has 2 rings (SSSR count). The van der Waals surface area contributed by atoms with Crippen LogP contribution in [-0.4, -0.2) is 28.6 Å². The third-order valence-electron chi connectivity index (χ3n) is 3.09. The maximum Gasteiger partial charge on any atom is 0.344 e. The number of hydrogen-bond acceptors (Lipinski definition) is 6. The third kappa shape index (κ3) is 4.17. The molecule has 0 fully saturated rings. The number of ether oxygens (including phenoxy) is 1. The van der Waals surface area contributed by atoms with Crippen molar-refractivity contribution in [2.45, 2.75) is 33.6 Å². The van der Waals surface area contributed by atoms with Crippen LogP contribution in [0.5, 0.6) is 0 Å². The molecule has 0 aromatic carbocycles. The Hall–Kier alpha value is -2.28. The molecule has 128 valence electrons. The number of carbonyl (C=O) groups is 2. The highest BCUT2D eigenvalue weighted by molar-refractivity contribution is 8.18. The Morgan fingerprint density at radius 3 is 2.71 bits per heavy atom. The molecule has 0 spiro atoms. The second-order valence-electron chi connectivity index (χ2n) is 5.06. The van der Waals surface area contributed by atoms with Crippen molar-refractivity contribution in [2.24, 2.45) is 4.99 Å². The van der Waals surface area contributed by atoms with Crippen LogP contribution in [0, 0.1) is 6.92 Å². The highest BCUT2D eigenvalue weighted by atomic mass is 32.2. The first-order valence-corrected chi connectivity index (χ1v) is 8.46. The fourth-order valence-electron chi connectivity index (χ4n) is 2.04. The van der Waals surface area contributed by atoms with Gasteiger partial charge in [0, 0.05) is 6.42 Å². The van der Waals surface area contributed by atoms with E-state index in [0.717, 1.165) is 17.5 Å². The molecular weight excluding hydrogens is 330 g/mol. The van der Waals surface area contributed by atoms with E-state index in [1.54, 1.807) is 32.1 Å². The molecule has 2 heterocycles. The standard InChI is InChI=1S/C17H19NO5S/c1-4-6-13(19)18-16-14(17(21)22-5-2)15(20)12(24-16)9-11-8-7-10(3)23-11/h7-9,20H,4-6H2,1-3H3/b12-9-,18-16?. The number of amides is 1. The number of aliphatic hydroxyl groups is 1. The van der Waals surface area contributed by atoms with E-state index in [0.29, 0.717) is 17.1 Å². The Morgan fingerprint density at radius 1 is 1.38 bits per heavy atom. The van der Waals surface area contributed by atoms with E-state index in [1.807, 2.05) is 6.92 Å². The lowest BCUT2D eigenvalue weighted by Gasteiger charge is -2.03. The van der Waals surface area contributed by atoms with Crippen LogP contribution in [0.2, 0.25) is 0 Å². The van der Waals surface area contributed by atoms with E-state index in [9.17, 15) is 14.7 Å². The average Bonchev–Trinajstić information content (AvgIpc) is 3.04. The fourth-order valence-corrected chi connectivity index (χ4v) is 3.05. The molecule has 0 unspecified atom stereocenters. The summed E-state index contributed by atoms with van der Waals surface area (Å²) in [7, 11) is 0. The zero-order valence-corrected chi connectivity index (χ0v) is 14.6. The minimum Gasteiger partial charge on any atom is -0.506 e. The smallest absolute Gasteiger partial charge is 0.344 e. The van der Waals surface area contributed by atoms with Gasteiger partial charge in [-0.1, -0.05) is 18.7 Å².